The third kappa shape index (κ3) is 12.6. The SMILES string of the molecule is C=CC1OC(/C=C\C2OC(/C=C\C3OC(C=C)C4C(=O)N(Cc5ccccc5)C(=O)C34)C3C(=O)N(CCN=C(NC(=O)OC(C)(C)C)NC(=O)OC(C)(C)C)C(=O)C23)C2C(=O)N(CCNC(=O)OC(C)(C)C)C(=O)C12. The number of imide groups is 3. The van der Waals surface area contributed by atoms with Gasteiger partial charge in [-0.3, -0.25) is 59.1 Å². The number of nitrogens with zero attached hydrogens (tertiary/aromatic N) is 4. The fourth-order valence-electron chi connectivity index (χ4n) is 10.1. The van der Waals surface area contributed by atoms with E-state index in [2.05, 4.69) is 34.1 Å². The largest absolute Gasteiger partial charge is 0.444 e. The van der Waals surface area contributed by atoms with Crippen molar-refractivity contribution in [3.63, 3.8) is 0 Å². The lowest BCUT2D eigenvalue weighted by Crippen LogP contribution is -2.47. The molecule has 0 saturated carbocycles. The summed E-state index contributed by atoms with van der Waals surface area (Å²) in [6.07, 6.45) is 0.550. The van der Waals surface area contributed by atoms with Gasteiger partial charge in [0.2, 0.25) is 41.4 Å². The number of ether oxygens (including phenoxy) is 6. The molecule has 0 aliphatic carbocycles. The third-order valence-electron chi connectivity index (χ3n) is 13.0. The summed E-state index contributed by atoms with van der Waals surface area (Å²) in [6.45, 7) is 21.8. The fourth-order valence-corrected chi connectivity index (χ4v) is 10.1. The number of carbonyl (C=O) groups is 9. The Morgan fingerprint density at radius 2 is 0.880 bits per heavy atom. The van der Waals surface area contributed by atoms with Gasteiger partial charge in [-0.2, -0.15) is 0 Å². The molecule has 7 rings (SSSR count). The van der Waals surface area contributed by atoms with Crippen molar-refractivity contribution in [1.82, 2.24) is 30.7 Å². The molecule has 75 heavy (non-hydrogen) atoms. The van der Waals surface area contributed by atoms with E-state index in [1.165, 1.54) is 35.3 Å². The number of amides is 9. The number of fused-ring (bicyclic) bond motifs is 3. The summed E-state index contributed by atoms with van der Waals surface area (Å²) in [5.41, 5.74) is -1.84. The van der Waals surface area contributed by atoms with E-state index in [1.807, 2.05) is 30.3 Å². The average molecular weight is 1040 g/mol. The Hall–Kier alpha value is -7.04. The highest BCUT2D eigenvalue weighted by molar-refractivity contribution is 6.08. The van der Waals surface area contributed by atoms with Crippen molar-refractivity contribution in [2.45, 2.75) is 122 Å². The zero-order valence-corrected chi connectivity index (χ0v) is 43.6. The molecule has 12 atom stereocenters. The number of hydrogen-bond acceptors (Lipinski definition) is 16. The molecule has 0 spiro atoms. The second-order valence-electron chi connectivity index (χ2n) is 21.9. The highest BCUT2D eigenvalue weighted by atomic mass is 16.6. The molecule has 6 aliphatic heterocycles. The van der Waals surface area contributed by atoms with Gasteiger partial charge in [-0.15, -0.1) is 13.2 Å². The van der Waals surface area contributed by atoms with Gasteiger partial charge in [0.1, 0.15) is 16.8 Å². The Morgan fingerprint density at radius 1 is 0.533 bits per heavy atom. The van der Waals surface area contributed by atoms with Crippen LogP contribution >= 0.6 is 0 Å². The molecule has 6 heterocycles. The van der Waals surface area contributed by atoms with E-state index < -0.39 is 143 Å². The monoisotopic (exact) mass is 1040 g/mol. The Balaban J connectivity index is 1.14. The molecule has 1 aromatic rings. The summed E-state index contributed by atoms with van der Waals surface area (Å²) < 4.78 is 34.8. The van der Waals surface area contributed by atoms with Gasteiger partial charge < -0.3 is 33.7 Å². The molecule has 6 fully saturated rings. The molecule has 6 saturated heterocycles. The summed E-state index contributed by atoms with van der Waals surface area (Å²) in [6, 6.07) is 9.07. The average Bonchev–Trinajstić information content (AvgIpc) is 4.12. The van der Waals surface area contributed by atoms with E-state index in [0.29, 0.717) is 0 Å². The fraction of sp³-hybridized carbons (Fsp3) is 0.547. The number of alkyl carbamates (subject to hydrolysis) is 3. The summed E-state index contributed by atoms with van der Waals surface area (Å²) >= 11 is 0. The molecule has 22 nitrogen and oxygen atoms in total. The summed E-state index contributed by atoms with van der Waals surface area (Å²) in [4.78, 5) is 130. The number of benzene rings is 1. The zero-order chi connectivity index (χ0) is 54.9. The maximum atomic E-state index is 14.5. The predicted molar refractivity (Wildman–Crippen MR) is 266 cm³/mol. The number of nitrogens with one attached hydrogen (secondary N) is 3. The maximum absolute atomic E-state index is 14.5. The Bertz CT molecular complexity index is 2530. The first-order valence-corrected chi connectivity index (χ1v) is 24.9. The molecule has 12 unspecified atom stereocenters. The van der Waals surface area contributed by atoms with Crippen molar-refractivity contribution in [3.8, 4) is 0 Å². The van der Waals surface area contributed by atoms with Crippen LogP contribution in [0.15, 0.2) is 84.9 Å². The maximum Gasteiger partial charge on any atom is 0.414 e. The van der Waals surface area contributed by atoms with Gasteiger partial charge in [0, 0.05) is 19.6 Å². The minimum Gasteiger partial charge on any atom is -0.444 e. The van der Waals surface area contributed by atoms with Crippen LogP contribution in [0.2, 0.25) is 0 Å². The Kier molecular flexibility index (Phi) is 16.4. The van der Waals surface area contributed by atoms with Crippen LogP contribution in [0.1, 0.15) is 67.9 Å². The van der Waals surface area contributed by atoms with Crippen LogP contribution in [-0.4, -0.2) is 154 Å². The van der Waals surface area contributed by atoms with Gasteiger partial charge in [-0.25, -0.2) is 14.4 Å². The van der Waals surface area contributed by atoms with E-state index in [4.69, 9.17) is 28.4 Å². The topological polar surface area (TPSA) is 267 Å². The molecule has 1 aromatic carbocycles. The number of likely N-dealkylation sites (tertiary alicyclic amines) is 3. The molecule has 3 N–H and O–H groups in total. The highest BCUT2D eigenvalue weighted by Gasteiger charge is 2.62. The van der Waals surface area contributed by atoms with Crippen LogP contribution in [-0.2, 0) is 63.7 Å². The van der Waals surface area contributed by atoms with Crippen LogP contribution in [0, 0.1) is 35.5 Å². The molecule has 22 heteroatoms. The summed E-state index contributed by atoms with van der Waals surface area (Å²) in [5, 5.41) is 7.30. The first-order valence-electron chi connectivity index (χ1n) is 24.9. The lowest BCUT2D eigenvalue weighted by atomic mass is 9.86. The minimum atomic E-state index is -1.15. The number of guanidine groups is 1. The van der Waals surface area contributed by atoms with Crippen LogP contribution in [0.3, 0.4) is 0 Å². The van der Waals surface area contributed by atoms with Crippen LogP contribution < -0.4 is 16.0 Å². The molecule has 6 aliphatic rings. The van der Waals surface area contributed by atoms with E-state index in [-0.39, 0.29) is 38.7 Å². The predicted octanol–water partition coefficient (Wildman–Crippen LogP) is 3.71. The van der Waals surface area contributed by atoms with Crippen LogP contribution in [0.5, 0.6) is 0 Å². The van der Waals surface area contributed by atoms with Crippen molar-refractivity contribution in [1.29, 1.82) is 0 Å². The van der Waals surface area contributed by atoms with Gasteiger partial charge in [0.05, 0.1) is 85.2 Å². The van der Waals surface area contributed by atoms with Crippen molar-refractivity contribution < 1.29 is 71.6 Å². The number of aliphatic imine (C=N–C) groups is 1. The zero-order valence-electron chi connectivity index (χ0n) is 43.6. The number of hydrogen-bond donors (Lipinski definition) is 3. The van der Waals surface area contributed by atoms with Gasteiger partial charge in [-0.1, -0.05) is 66.8 Å². The second kappa shape index (κ2) is 22.0. The first kappa shape index (κ1) is 55.7. The van der Waals surface area contributed by atoms with Gasteiger partial charge in [0.25, 0.3) is 0 Å². The second-order valence-corrected chi connectivity index (χ2v) is 21.9. The van der Waals surface area contributed by atoms with Crippen molar-refractivity contribution in [3.05, 3.63) is 85.5 Å². The third-order valence-corrected chi connectivity index (χ3v) is 13.0. The van der Waals surface area contributed by atoms with Crippen molar-refractivity contribution in [2.75, 3.05) is 26.2 Å². The molecule has 0 bridgehead atoms. The summed E-state index contributed by atoms with van der Waals surface area (Å²) in [7, 11) is 0. The quantitative estimate of drug-likeness (QED) is 0.0789. The van der Waals surface area contributed by atoms with Crippen molar-refractivity contribution in [2.24, 2.45) is 40.5 Å². The molecular weight excluding hydrogens is 975 g/mol. The van der Waals surface area contributed by atoms with Gasteiger partial charge in [0.15, 0.2) is 0 Å². The molecule has 9 amide bonds. The van der Waals surface area contributed by atoms with E-state index in [0.717, 1.165) is 15.4 Å². The number of rotatable bonds is 14. The minimum absolute atomic E-state index is 0.0599. The molecule has 0 radical (unpaired) electrons. The smallest absolute Gasteiger partial charge is 0.414 e. The highest BCUT2D eigenvalue weighted by Crippen LogP contribution is 2.46. The Labute approximate surface area is 435 Å². The molecule has 0 aromatic heterocycles. The van der Waals surface area contributed by atoms with E-state index >= 15 is 0 Å². The van der Waals surface area contributed by atoms with Crippen LogP contribution in [0.25, 0.3) is 0 Å². The number of carbonyl (C=O) groups excluding carboxylic acids is 9. The molecule has 404 valence electrons. The van der Waals surface area contributed by atoms with Crippen LogP contribution in [0.4, 0.5) is 14.4 Å². The van der Waals surface area contributed by atoms with Gasteiger partial charge in [-0.05, 0) is 67.9 Å². The molecular formula is C53H67N7O15. The van der Waals surface area contributed by atoms with Gasteiger partial charge >= 0.3 is 18.3 Å². The van der Waals surface area contributed by atoms with E-state index in [9.17, 15) is 43.2 Å². The normalized spacial score (nSPS) is 29.5. The van der Waals surface area contributed by atoms with Crippen molar-refractivity contribution >= 4 is 59.7 Å². The standard InChI is InChI=1S/C53H67N7O15/c1-12-29-35-37(42(62)59(41(35)61)26-24-55-48(67)73-51(3,4)5)31(70-29)19-21-33-39-40(44(64)58(43(39)63)25-23-54-47(56-49(68)74-52(6,7)8)57-50(69)75-53(9,10)11)34(72-33)22-20-32-38-36(30(13-2)71-32)45(65)60(46(38)66)27-28-17-15-14-16-18-28/h12-22,29-40H,1-2,23-27H2,3-11H3,(H,55,67)(H2,54,56,57,68,69)/b21-19-,22-20-. The lowest BCUT2D eigenvalue weighted by Gasteiger charge is -2.22. The van der Waals surface area contributed by atoms with E-state index in [1.54, 1.807) is 68.4 Å². The Morgan fingerprint density at radius 3 is 1.27 bits per heavy atom. The first-order chi connectivity index (χ1) is 35.2. The lowest BCUT2D eigenvalue weighted by molar-refractivity contribution is -0.144. The summed E-state index contributed by atoms with van der Waals surface area (Å²) in [5.74, 6) is -9.57.